The zero-order chi connectivity index (χ0) is 18.7. The van der Waals surface area contributed by atoms with Crippen LogP contribution in [-0.4, -0.2) is 33.4 Å². The molecule has 1 fully saturated rings. The lowest BCUT2D eigenvalue weighted by atomic mass is 9.93. The number of nitrogens with zero attached hydrogens (tertiary/aromatic N) is 4. The molecule has 0 aliphatic carbocycles. The summed E-state index contributed by atoms with van der Waals surface area (Å²) in [4.78, 5) is 19.4. The molecule has 3 rings (SSSR count). The van der Waals surface area contributed by atoms with Gasteiger partial charge in [-0.05, 0) is 63.8 Å². The van der Waals surface area contributed by atoms with Crippen LogP contribution in [0.2, 0.25) is 0 Å². The molecular weight excluding hydrogens is 324 g/mol. The minimum atomic E-state index is 0.0579. The van der Waals surface area contributed by atoms with Crippen LogP contribution in [0.25, 0.3) is 0 Å². The van der Waals surface area contributed by atoms with Crippen molar-refractivity contribution in [2.24, 2.45) is 5.92 Å². The van der Waals surface area contributed by atoms with Crippen LogP contribution in [0, 0.1) is 24.2 Å². The van der Waals surface area contributed by atoms with E-state index >= 15 is 0 Å². The number of amides is 1. The number of rotatable bonds is 4. The van der Waals surface area contributed by atoms with Gasteiger partial charge in [-0.2, -0.15) is 5.26 Å². The Kier molecular flexibility index (Phi) is 5.41. The van der Waals surface area contributed by atoms with E-state index in [9.17, 15) is 4.79 Å². The molecule has 136 valence electrons. The standard InChI is InChI=1S/C21H26N4O/c1-15(2)25-16(3)13-23-20(25)11-18-5-4-10-24(14-18)21(26)19-8-6-17(12-22)7-9-19/h6-9,13,15,18H,4-5,10-11,14H2,1-3H3. The second-order valence-electron chi connectivity index (χ2n) is 7.43. The van der Waals surface area contributed by atoms with Crippen molar-refractivity contribution in [3.63, 3.8) is 0 Å². The number of aryl methyl sites for hydroxylation is 1. The maximum Gasteiger partial charge on any atom is 0.253 e. The van der Waals surface area contributed by atoms with Crippen molar-refractivity contribution in [2.75, 3.05) is 13.1 Å². The molecule has 1 aliphatic heterocycles. The Hall–Kier alpha value is -2.61. The zero-order valence-corrected chi connectivity index (χ0v) is 15.8. The topological polar surface area (TPSA) is 61.9 Å². The number of carbonyl (C=O) groups is 1. The summed E-state index contributed by atoms with van der Waals surface area (Å²) in [6, 6.07) is 9.39. The highest BCUT2D eigenvalue weighted by Gasteiger charge is 2.26. The lowest BCUT2D eigenvalue weighted by molar-refractivity contribution is 0.0671. The largest absolute Gasteiger partial charge is 0.338 e. The predicted octanol–water partition coefficient (Wildman–Crippen LogP) is 3.74. The van der Waals surface area contributed by atoms with Gasteiger partial charge in [-0.15, -0.1) is 0 Å². The summed E-state index contributed by atoms with van der Waals surface area (Å²) in [5, 5.41) is 8.90. The fourth-order valence-corrected chi connectivity index (χ4v) is 3.90. The second kappa shape index (κ2) is 7.74. The highest BCUT2D eigenvalue weighted by atomic mass is 16.2. The molecule has 26 heavy (non-hydrogen) atoms. The molecule has 1 saturated heterocycles. The summed E-state index contributed by atoms with van der Waals surface area (Å²) in [6.07, 6.45) is 5.00. The average Bonchev–Trinajstić information content (AvgIpc) is 3.01. The summed E-state index contributed by atoms with van der Waals surface area (Å²) in [7, 11) is 0. The smallest absolute Gasteiger partial charge is 0.253 e. The minimum Gasteiger partial charge on any atom is -0.338 e. The van der Waals surface area contributed by atoms with Crippen LogP contribution < -0.4 is 0 Å². The van der Waals surface area contributed by atoms with Crippen LogP contribution >= 0.6 is 0 Å². The molecule has 1 unspecified atom stereocenters. The van der Waals surface area contributed by atoms with E-state index in [-0.39, 0.29) is 5.91 Å². The van der Waals surface area contributed by atoms with Gasteiger partial charge in [0, 0.05) is 43.0 Å². The first kappa shape index (κ1) is 18.2. The van der Waals surface area contributed by atoms with E-state index < -0.39 is 0 Å². The summed E-state index contributed by atoms with van der Waals surface area (Å²) in [5.74, 6) is 1.61. The van der Waals surface area contributed by atoms with Crippen LogP contribution in [0.5, 0.6) is 0 Å². The number of nitriles is 1. The fourth-order valence-electron chi connectivity index (χ4n) is 3.90. The number of carbonyl (C=O) groups excluding carboxylic acids is 1. The normalized spacial score (nSPS) is 17.3. The monoisotopic (exact) mass is 350 g/mol. The van der Waals surface area contributed by atoms with Gasteiger partial charge in [-0.25, -0.2) is 4.98 Å². The van der Waals surface area contributed by atoms with Crippen molar-refractivity contribution < 1.29 is 4.79 Å². The third-order valence-electron chi connectivity index (χ3n) is 5.11. The molecule has 5 nitrogen and oxygen atoms in total. The fraction of sp³-hybridized carbons (Fsp3) is 0.476. The molecule has 1 amide bonds. The maximum atomic E-state index is 12.8. The molecule has 1 aromatic heterocycles. The Morgan fingerprint density at radius 1 is 1.35 bits per heavy atom. The van der Waals surface area contributed by atoms with Gasteiger partial charge in [-0.1, -0.05) is 0 Å². The van der Waals surface area contributed by atoms with Gasteiger partial charge < -0.3 is 9.47 Å². The summed E-state index contributed by atoms with van der Waals surface area (Å²) in [5.41, 5.74) is 2.43. The highest BCUT2D eigenvalue weighted by Crippen LogP contribution is 2.24. The first-order chi connectivity index (χ1) is 12.5. The molecule has 2 aromatic rings. The number of hydrogen-bond donors (Lipinski definition) is 0. The van der Waals surface area contributed by atoms with E-state index in [4.69, 9.17) is 5.26 Å². The van der Waals surface area contributed by atoms with E-state index in [0.717, 1.165) is 38.2 Å². The van der Waals surface area contributed by atoms with Crippen molar-refractivity contribution in [2.45, 2.75) is 46.1 Å². The molecule has 0 saturated carbocycles. The quantitative estimate of drug-likeness (QED) is 0.844. The Bertz CT molecular complexity index is 814. The maximum absolute atomic E-state index is 12.8. The van der Waals surface area contributed by atoms with Gasteiger partial charge in [0.1, 0.15) is 5.82 Å². The lowest BCUT2D eigenvalue weighted by Crippen LogP contribution is -2.40. The summed E-state index contributed by atoms with van der Waals surface area (Å²) in [6.45, 7) is 8.02. The molecule has 1 atom stereocenters. The molecule has 0 N–H and O–H groups in total. The number of imidazole rings is 1. The first-order valence-corrected chi connectivity index (χ1v) is 9.31. The lowest BCUT2D eigenvalue weighted by Gasteiger charge is -2.33. The molecule has 1 aromatic carbocycles. The molecule has 1 aliphatic rings. The van der Waals surface area contributed by atoms with Crippen LogP contribution in [0.1, 0.15) is 60.2 Å². The number of aromatic nitrogens is 2. The molecule has 0 bridgehead atoms. The molecular formula is C21H26N4O. The van der Waals surface area contributed by atoms with Crippen molar-refractivity contribution in [1.29, 1.82) is 5.26 Å². The van der Waals surface area contributed by atoms with Gasteiger partial charge in [0.15, 0.2) is 0 Å². The molecule has 5 heteroatoms. The summed E-state index contributed by atoms with van der Waals surface area (Å²) >= 11 is 0. The molecule has 0 spiro atoms. The van der Waals surface area contributed by atoms with E-state index in [1.807, 2.05) is 11.1 Å². The van der Waals surface area contributed by atoms with Crippen LogP contribution in [0.15, 0.2) is 30.5 Å². The molecule has 2 heterocycles. The minimum absolute atomic E-state index is 0.0579. The van der Waals surface area contributed by atoms with Crippen LogP contribution in [0.3, 0.4) is 0 Å². The van der Waals surface area contributed by atoms with Gasteiger partial charge in [-0.3, -0.25) is 4.79 Å². The number of piperidine rings is 1. The Labute approximate surface area is 155 Å². The second-order valence-corrected chi connectivity index (χ2v) is 7.43. The molecule has 0 radical (unpaired) electrons. The van der Waals surface area contributed by atoms with Gasteiger partial charge in [0.25, 0.3) is 5.91 Å². The number of likely N-dealkylation sites (tertiary alicyclic amines) is 1. The van der Waals surface area contributed by atoms with Crippen molar-refractivity contribution in [3.05, 3.63) is 53.1 Å². The van der Waals surface area contributed by atoms with E-state index in [0.29, 0.717) is 23.1 Å². The van der Waals surface area contributed by atoms with E-state index in [1.165, 1.54) is 5.69 Å². The Morgan fingerprint density at radius 3 is 2.73 bits per heavy atom. The number of hydrogen-bond acceptors (Lipinski definition) is 3. The SMILES string of the molecule is Cc1cnc(CC2CCCN(C(=O)c3ccc(C#N)cc3)C2)n1C(C)C. The zero-order valence-electron chi connectivity index (χ0n) is 15.8. The van der Waals surface area contributed by atoms with Gasteiger partial charge in [0.2, 0.25) is 0 Å². The Balaban J connectivity index is 1.69. The third kappa shape index (κ3) is 3.80. The number of benzene rings is 1. The van der Waals surface area contributed by atoms with Gasteiger partial charge >= 0.3 is 0 Å². The highest BCUT2D eigenvalue weighted by molar-refractivity contribution is 5.94. The van der Waals surface area contributed by atoms with Crippen molar-refractivity contribution in [3.8, 4) is 6.07 Å². The predicted molar refractivity (Wildman–Crippen MR) is 101 cm³/mol. The average molecular weight is 350 g/mol. The van der Waals surface area contributed by atoms with Crippen LogP contribution in [-0.2, 0) is 6.42 Å². The van der Waals surface area contributed by atoms with Crippen molar-refractivity contribution >= 4 is 5.91 Å². The van der Waals surface area contributed by atoms with Crippen LogP contribution in [0.4, 0.5) is 0 Å². The van der Waals surface area contributed by atoms with E-state index in [1.54, 1.807) is 24.3 Å². The first-order valence-electron chi connectivity index (χ1n) is 9.31. The van der Waals surface area contributed by atoms with E-state index in [2.05, 4.69) is 36.4 Å². The van der Waals surface area contributed by atoms with Gasteiger partial charge in [0.05, 0.1) is 11.6 Å². The summed E-state index contributed by atoms with van der Waals surface area (Å²) < 4.78 is 2.29. The Morgan fingerprint density at radius 2 is 2.08 bits per heavy atom. The van der Waals surface area contributed by atoms with Crippen molar-refractivity contribution in [1.82, 2.24) is 14.5 Å². The third-order valence-corrected chi connectivity index (χ3v) is 5.11.